The highest BCUT2D eigenvalue weighted by Crippen LogP contribution is 2.24. The first-order valence-electron chi connectivity index (χ1n) is 25.1. The van der Waals surface area contributed by atoms with Crippen molar-refractivity contribution in [2.75, 3.05) is 0 Å². The summed E-state index contributed by atoms with van der Waals surface area (Å²) in [6.07, 6.45) is 0. The normalized spacial score (nSPS) is 10.3. The molecule has 0 saturated carbocycles. The van der Waals surface area contributed by atoms with Crippen LogP contribution < -0.4 is 0 Å². The van der Waals surface area contributed by atoms with Gasteiger partial charge in [-0.2, -0.15) is 0 Å². The van der Waals surface area contributed by atoms with Crippen LogP contribution in [0.4, 0.5) is 0 Å². The van der Waals surface area contributed by atoms with Crippen LogP contribution >= 0.6 is 0 Å². The van der Waals surface area contributed by atoms with Gasteiger partial charge in [0.2, 0.25) is 0 Å². The van der Waals surface area contributed by atoms with E-state index in [9.17, 15) is 0 Å². The average molecular weight is 922 g/mol. The number of benzene rings is 6. The van der Waals surface area contributed by atoms with E-state index in [0.29, 0.717) is 35.5 Å². The van der Waals surface area contributed by atoms with Crippen molar-refractivity contribution in [3.8, 4) is 0 Å². The van der Waals surface area contributed by atoms with E-state index >= 15 is 0 Å². The first-order valence-corrected chi connectivity index (χ1v) is 25.1. The molecule has 0 N–H and O–H groups in total. The van der Waals surface area contributed by atoms with E-state index in [4.69, 9.17) is 0 Å². The van der Waals surface area contributed by atoms with E-state index in [-0.39, 0.29) is 14.9 Å². The lowest BCUT2D eigenvalue weighted by Gasteiger charge is -2.12. The second-order valence-electron chi connectivity index (χ2n) is 21.0. The van der Waals surface area contributed by atoms with E-state index in [2.05, 4.69) is 275 Å². The molecular formula is C68H104. The van der Waals surface area contributed by atoms with Crippen LogP contribution in [0.2, 0.25) is 0 Å². The molecule has 0 heterocycles. The van der Waals surface area contributed by atoms with Crippen molar-refractivity contribution in [3.05, 3.63) is 209 Å². The molecule has 0 bridgehead atoms. The smallest absolute Gasteiger partial charge is 0.0214 e. The van der Waals surface area contributed by atoms with Gasteiger partial charge in [-0.15, -0.1) is 0 Å². The zero-order valence-electron chi connectivity index (χ0n) is 46.9. The van der Waals surface area contributed by atoms with Crippen molar-refractivity contribution in [2.45, 2.75) is 217 Å². The molecule has 0 heteroatoms. The standard InChI is InChI=1S/6C11H16.2CH4/c1-8(2)11-6-9(3)5-10(4)7-11;1-8(2)11-6-5-9(3)10(4)7-11;1-8(2)11-6-5-9(3)7-10(11)4;1-8(2)11-7-9(3)5-6-10(11)4;1-8(2)11-7-5-6-9(3)10(11)4;1-8(2)11-9(3)6-5-7-10(11)4;;/h6*5-8H,1-4H3;2*1H4. The van der Waals surface area contributed by atoms with Gasteiger partial charge in [-0.3, -0.25) is 0 Å². The summed E-state index contributed by atoms with van der Waals surface area (Å²) in [5.74, 6) is 3.89. The maximum atomic E-state index is 2.28. The van der Waals surface area contributed by atoms with Crippen molar-refractivity contribution >= 4 is 0 Å². The summed E-state index contributed by atoms with van der Waals surface area (Å²) < 4.78 is 0. The van der Waals surface area contributed by atoms with Crippen LogP contribution in [0.5, 0.6) is 0 Å². The lowest BCUT2D eigenvalue weighted by molar-refractivity contribution is 0.846. The zero-order valence-corrected chi connectivity index (χ0v) is 46.9. The Morgan fingerprint density at radius 1 is 0.250 bits per heavy atom. The summed E-state index contributed by atoms with van der Waals surface area (Å²) >= 11 is 0. The molecule has 0 aromatic heterocycles. The third-order valence-corrected chi connectivity index (χ3v) is 12.6. The fraction of sp³-hybridized carbons (Fsp3) is 0.471. The highest BCUT2D eigenvalue weighted by molar-refractivity contribution is 5.37. The molecule has 6 rings (SSSR count). The molecule has 0 nitrogen and oxygen atoms in total. The number of hydrogen-bond acceptors (Lipinski definition) is 0. The van der Waals surface area contributed by atoms with Gasteiger partial charge in [0.25, 0.3) is 0 Å². The molecule has 0 fully saturated rings. The molecule has 0 aliphatic rings. The first-order chi connectivity index (χ1) is 30.7. The van der Waals surface area contributed by atoms with Crippen LogP contribution in [0.3, 0.4) is 0 Å². The molecule has 0 spiro atoms. The molecule has 0 aliphatic heterocycles. The van der Waals surface area contributed by atoms with E-state index < -0.39 is 0 Å². The number of hydrogen-bond donors (Lipinski definition) is 0. The first kappa shape index (κ1) is 65.4. The Hall–Kier alpha value is -4.68. The van der Waals surface area contributed by atoms with Gasteiger partial charge < -0.3 is 0 Å². The lowest BCUT2D eigenvalue weighted by Crippen LogP contribution is -1.94. The number of rotatable bonds is 6. The summed E-state index contributed by atoms with van der Waals surface area (Å²) in [6.45, 7) is 52.8. The van der Waals surface area contributed by atoms with Crippen LogP contribution in [0, 0.1) is 83.1 Å². The topological polar surface area (TPSA) is 0 Å². The van der Waals surface area contributed by atoms with Crippen molar-refractivity contribution in [1.29, 1.82) is 0 Å². The summed E-state index contributed by atoms with van der Waals surface area (Å²) in [4.78, 5) is 0. The zero-order chi connectivity index (χ0) is 50.6. The van der Waals surface area contributed by atoms with Crippen molar-refractivity contribution in [1.82, 2.24) is 0 Å². The molecule has 6 aromatic carbocycles. The molecule has 0 unspecified atom stereocenters. The van der Waals surface area contributed by atoms with E-state index in [1.54, 1.807) is 0 Å². The maximum absolute atomic E-state index is 2.28. The quantitative estimate of drug-likeness (QED) is 0.156. The highest BCUT2D eigenvalue weighted by atomic mass is 14.1. The van der Waals surface area contributed by atoms with Crippen LogP contribution in [0.1, 0.15) is 234 Å². The predicted molar refractivity (Wildman–Crippen MR) is 313 cm³/mol. The minimum absolute atomic E-state index is 0. The minimum Gasteiger partial charge on any atom is -0.0776 e. The SMILES string of the molecule is C.C.Cc1cc(C)cc(C(C)C)c1.Cc1ccc(C(C)C)c(C)c1.Cc1ccc(C(C)C)cc1C.Cc1ccc(C)c(C(C)C)c1.Cc1cccc(C(C)C)c1C.Cc1cccc(C)c1C(C)C. The Bertz CT molecular complexity index is 2290. The molecular weight excluding hydrogens is 817 g/mol. The monoisotopic (exact) mass is 921 g/mol. The minimum atomic E-state index is 0. The summed E-state index contributed by atoms with van der Waals surface area (Å²) in [5.41, 5.74) is 25.6. The van der Waals surface area contributed by atoms with Crippen molar-refractivity contribution in [3.63, 3.8) is 0 Å². The molecule has 6 aromatic rings. The molecule has 0 atom stereocenters. The molecule has 0 radical (unpaired) electrons. The van der Waals surface area contributed by atoms with Crippen LogP contribution in [0.25, 0.3) is 0 Å². The Balaban J connectivity index is 0. The van der Waals surface area contributed by atoms with Gasteiger partial charge in [-0.25, -0.2) is 0 Å². The number of aryl methyl sites for hydroxylation is 11. The summed E-state index contributed by atoms with van der Waals surface area (Å²) in [7, 11) is 0. The lowest BCUT2D eigenvalue weighted by atomic mass is 9.94. The van der Waals surface area contributed by atoms with E-state index in [1.165, 1.54) is 100 Å². The summed E-state index contributed by atoms with van der Waals surface area (Å²) in [5, 5.41) is 0. The highest BCUT2D eigenvalue weighted by Gasteiger charge is 2.06. The summed E-state index contributed by atoms with van der Waals surface area (Å²) in [6, 6.07) is 39.7. The largest absolute Gasteiger partial charge is 0.0776 e. The predicted octanol–water partition coefficient (Wildman–Crippen LogP) is 21.8. The Kier molecular flexibility index (Phi) is 31.0. The second-order valence-corrected chi connectivity index (χ2v) is 21.0. The van der Waals surface area contributed by atoms with Crippen molar-refractivity contribution < 1.29 is 0 Å². The Morgan fingerprint density at radius 3 is 1.09 bits per heavy atom. The second kappa shape index (κ2) is 32.2. The molecule has 0 aliphatic carbocycles. The molecule has 376 valence electrons. The van der Waals surface area contributed by atoms with Gasteiger partial charge in [0.1, 0.15) is 0 Å². The molecule has 68 heavy (non-hydrogen) atoms. The van der Waals surface area contributed by atoms with E-state index in [0.717, 1.165) is 0 Å². The Labute approximate surface area is 423 Å². The van der Waals surface area contributed by atoms with Crippen molar-refractivity contribution in [2.24, 2.45) is 0 Å². The van der Waals surface area contributed by atoms with Gasteiger partial charge >= 0.3 is 0 Å². The van der Waals surface area contributed by atoms with Gasteiger partial charge in [0, 0.05) is 0 Å². The molecule has 0 amide bonds. The van der Waals surface area contributed by atoms with Crippen LogP contribution in [-0.2, 0) is 0 Å². The van der Waals surface area contributed by atoms with Crippen LogP contribution in [0.15, 0.2) is 109 Å². The Morgan fingerprint density at radius 2 is 0.691 bits per heavy atom. The van der Waals surface area contributed by atoms with Gasteiger partial charge in [0.15, 0.2) is 0 Å². The molecule has 0 saturated heterocycles. The third kappa shape index (κ3) is 23.1. The maximum Gasteiger partial charge on any atom is -0.0214 e. The van der Waals surface area contributed by atoms with Gasteiger partial charge in [-0.1, -0.05) is 229 Å². The fourth-order valence-corrected chi connectivity index (χ4v) is 8.46. The van der Waals surface area contributed by atoms with Gasteiger partial charge in [0.05, 0.1) is 0 Å². The average Bonchev–Trinajstić information content (AvgIpc) is 3.21. The third-order valence-electron chi connectivity index (χ3n) is 12.6. The fourth-order valence-electron chi connectivity index (χ4n) is 8.46. The van der Waals surface area contributed by atoms with Crippen LogP contribution in [-0.4, -0.2) is 0 Å². The van der Waals surface area contributed by atoms with E-state index in [1.807, 2.05) is 0 Å². The van der Waals surface area contributed by atoms with Gasteiger partial charge in [-0.05, 0) is 196 Å².